The molecule has 0 aromatic heterocycles. The van der Waals surface area contributed by atoms with Crippen LogP contribution in [0.3, 0.4) is 0 Å². The quantitative estimate of drug-likeness (QED) is 0.836. The number of nitrogens with zero attached hydrogens (tertiary/aromatic N) is 1. The van der Waals surface area contributed by atoms with Gasteiger partial charge in [-0.3, -0.25) is 0 Å². The molecule has 22 heavy (non-hydrogen) atoms. The van der Waals surface area contributed by atoms with E-state index in [1.54, 1.807) is 45.0 Å². The average molecular weight is 345 g/mol. The highest BCUT2D eigenvalue weighted by Gasteiger charge is 2.37. The third kappa shape index (κ3) is 3.30. The Morgan fingerprint density at radius 2 is 1.73 bits per heavy atom. The molecular formula is C15H23NO4S2. The minimum atomic E-state index is -3.20. The van der Waals surface area contributed by atoms with Crippen molar-refractivity contribution in [3.05, 3.63) is 24.3 Å². The van der Waals surface area contributed by atoms with Crippen molar-refractivity contribution in [2.75, 3.05) is 29.5 Å². The second-order valence-electron chi connectivity index (χ2n) is 6.21. The van der Waals surface area contributed by atoms with Gasteiger partial charge in [-0.15, -0.1) is 0 Å². The zero-order chi connectivity index (χ0) is 16.6. The van der Waals surface area contributed by atoms with Gasteiger partial charge in [0.25, 0.3) is 0 Å². The van der Waals surface area contributed by atoms with E-state index in [1.807, 2.05) is 4.90 Å². The van der Waals surface area contributed by atoms with Crippen LogP contribution in [-0.2, 0) is 19.7 Å². The predicted octanol–water partition coefficient (Wildman–Crippen LogP) is 1.88. The molecule has 7 heteroatoms. The van der Waals surface area contributed by atoms with Gasteiger partial charge in [0.15, 0.2) is 19.7 Å². The van der Waals surface area contributed by atoms with Gasteiger partial charge in [-0.05, 0) is 44.5 Å². The van der Waals surface area contributed by atoms with Crippen molar-refractivity contribution in [3.63, 3.8) is 0 Å². The van der Waals surface area contributed by atoms with E-state index in [2.05, 4.69) is 0 Å². The van der Waals surface area contributed by atoms with Gasteiger partial charge in [-0.25, -0.2) is 16.8 Å². The van der Waals surface area contributed by atoms with Crippen molar-refractivity contribution >= 4 is 25.4 Å². The van der Waals surface area contributed by atoms with Crippen molar-refractivity contribution < 1.29 is 16.8 Å². The summed E-state index contributed by atoms with van der Waals surface area (Å²) in [5.74, 6) is 0.192. The predicted molar refractivity (Wildman–Crippen MR) is 88.9 cm³/mol. The Kier molecular flexibility index (Phi) is 4.59. The Morgan fingerprint density at radius 3 is 2.27 bits per heavy atom. The van der Waals surface area contributed by atoms with Gasteiger partial charge in [0.1, 0.15) is 0 Å². The maximum Gasteiger partial charge on any atom is 0.178 e. The average Bonchev–Trinajstić information content (AvgIpc) is 2.56. The lowest BCUT2D eigenvalue weighted by molar-refractivity contribution is 0.538. The maximum absolute atomic E-state index is 12.2. The minimum Gasteiger partial charge on any atom is -0.370 e. The van der Waals surface area contributed by atoms with E-state index in [1.165, 1.54) is 0 Å². The minimum absolute atomic E-state index is 0.0719. The fourth-order valence-electron chi connectivity index (χ4n) is 2.47. The standard InChI is InChI=1S/C15H23NO4S2/c1-4-21(17,18)14-7-5-13(6-8-14)16-10-9-15(2,3)22(19,20)12-11-16/h5-8H,4,9-12H2,1-3H3. The van der Waals surface area contributed by atoms with E-state index < -0.39 is 24.4 Å². The van der Waals surface area contributed by atoms with E-state index in [9.17, 15) is 16.8 Å². The van der Waals surface area contributed by atoms with Crippen LogP contribution in [0.25, 0.3) is 0 Å². The fraction of sp³-hybridized carbons (Fsp3) is 0.600. The molecule has 1 aromatic rings. The van der Waals surface area contributed by atoms with Crippen LogP contribution in [-0.4, -0.2) is 46.2 Å². The van der Waals surface area contributed by atoms with Crippen LogP contribution in [0.5, 0.6) is 0 Å². The van der Waals surface area contributed by atoms with Gasteiger partial charge in [0.05, 0.1) is 21.1 Å². The number of hydrogen-bond acceptors (Lipinski definition) is 5. The summed E-state index contributed by atoms with van der Waals surface area (Å²) in [6.45, 7) is 6.23. The lowest BCUT2D eigenvalue weighted by atomic mass is 10.1. The molecule has 0 saturated carbocycles. The summed E-state index contributed by atoms with van der Waals surface area (Å²) in [5, 5.41) is 0. The van der Waals surface area contributed by atoms with Gasteiger partial charge in [0, 0.05) is 18.8 Å². The monoisotopic (exact) mass is 345 g/mol. The number of hydrogen-bond donors (Lipinski definition) is 0. The van der Waals surface area contributed by atoms with E-state index >= 15 is 0 Å². The summed E-state index contributed by atoms with van der Waals surface area (Å²) in [7, 11) is -6.32. The number of sulfone groups is 2. The Morgan fingerprint density at radius 1 is 1.14 bits per heavy atom. The van der Waals surface area contributed by atoms with E-state index in [-0.39, 0.29) is 11.5 Å². The van der Waals surface area contributed by atoms with Gasteiger partial charge < -0.3 is 4.90 Å². The van der Waals surface area contributed by atoms with Crippen LogP contribution in [0.1, 0.15) is 27.2 Å². The van der Waals surface area contributed by atoms with Crippen molar-refractivity contribution in [1.82, 2.24) is 0 Å². The molecule has 1 aliphatic rings. The van der Waals surface area contributed by atoms with E-state index in [4.69, 9.17) is 0 Å². The second-order valence-corrected chi connectivity index (χ2v) is 11.2. The van der Waals surface area contributed by atoms with Crippen LogP contribution in [0.4, 0.5) is 5.69 Å². The molecule has 0 atom stereocenters. The first kappa shape index (κ1) is 17.3. The van der Waals surface area contributed by atoms with E-state index in [0.29, 0.717) is 24.4 Å². The lowest BCUT2D eigenvalue weighted by Gasteiger charge is -2.24. The second kappa shape index (κ2) is 5.85. The molecule has 2 rings (SSSR count). The van der Waals surface area contributed by atoms with Crippen molar-refractivity contribution in [1.29, 1.82) is 0 Å². The Balaban J connectivity index is 2.23. The highest BCUT2D eigenvalue weighted by Crippen LogP contribution is 2.28. The van der Waals surface area contributed by atoms with Crippen LogP contribution in [0.15, 0.2) is 29.2 Å². The summed E-state index contributed by atoms with van der Waals surface area (Å²) in [5.41, 5.74) is 0.864. The first-order valence-corrected chi connectivity index (χ1v) is 10.7. The Hall–Kier alpha value is -1.08. The van der Waals surface area contributed by atoms with Gasteiger partial charge in [-0.1, -0.05) is 6.92 Å². The highest BCUT2D eigenvalue weighted by molar-refractivity contribution is 7.92. The molecule has 1 aromatic carbocycles. The largest absolute Gasteiger partial charge is 0.370 e. The number of benzene rings is 1. The topological polar surface area (TPSA) is 71.5 Å². The molecule has 1 fully saturated rings. The SMILES string of the molecule is CCS(=O)(=O)c1ccc(N2CCC(C)(C)S(=O)(=O)CC2)cc1. The molecule has 0 spiro atoms. The third-order valence-corrected chi connectivity index (χ3v) is 8.76. The molecule has 124 valence electrons. The fourth-order valence-corrected chi connectivity index (χ4v) is 4.77. The highest BCUT2D eigenvalue weighted by atomic mass is 32.2. The molecule has 0 bridgehead atoms. The maximum atomic E-state index is 12.2. The van der Waals surface area contributed by atoms with Gasteiger partial charge >= 0.3 is 0 Å². The molecule has 1 aliphatic heterocycles. The number of rotatable bonds is 3. The van der Waals surface area contributed by atoms with Crippen LogP contribution < -0.4 is 4.90 Å². The van der Waals surface area contributed by atoms with Crippen molar-refractivity contribution in [2.24, 2.45) is 0 Å². The third-order valence-electron chi connectivity index (χ3n) is 4.40. The molecule has 0 aliphatic carbocycles. The summed E-state index contributed by atoms with van der Waals surface area (Å²) in [6.07, 6.45) is 0.560. The summed E-state index contributed by atoms with van der Waals surface area (Å²) >= 11 is 0. The molecular weight excluding hydrogens is 322 g/mol. The Bertz CT molecular complexity index is 734. The zero-order valence-electron chi connectivity index (χ0n) is 13.2. The molecule has 5 nitrogen and oxygen atoms in total. The van der Waals surface area contributed by atoms with E-state index in [0.717, 1.165) is 5.69 Å². The van der Waals surface area contributed by atoms with Crippen molar-refractivity contribution in [3.8, 4) is 0 Å². The molecule has 1 saturated heterocycles. The van der Waals surface area contributed by atoms with Crippen LogP contribution in [0.2, 0.25) is 0 Å². The summed E-state index contributed by atoms with van der Waals surface area (Å²) < 4.78 is 47.4. The number of anilines is 1. The van der Waals surface area contributed by atoms with Crippen LogP contribution >= 0.6 is 0 Å². The Labute approximate surface area is 133 Å². The lowest BCUT2D eigenvalue weighted by Crippen LogP contribution is -2.33. The first-order valence-electron chi connectivity index (χ1n) is 7.39. The molecule has 1 heterocycles. The normalized spacial score (nSPS) is 21.3. The first-order chi connectivity index (χ1) is 10.1. The molecule has 0 amide bonds. The summed E-state index contributed by atoms with van der Waals surface area (Å²) in [6, 6.07) is 6.71. The molecule has 0 radical (unpaired) electrons. The van der Waals surface area contributed by atoms with Gasteiger partial charge in [-0.2, -0.15) is 0 Å². The summed E-state index contributed by atoms with van der Waals surface area (Å²) in [4.78, 5) is 2.32. The van der Waals surface area contributed by atoms with Crippen LogP contribution in [0, 0.1) is 0 Å². The smallest absolute Gasteiger partial charge is 0.178 e. The molecule has 0 unspecified atom stereocenters. The molecule has 0 N–H and O–H groups in total. The van der Waals surface area contributed by atoms with Crippen molar-refractivity contribution in [2.45, 2.75) is 36.8 Å². The van der Waals surface area contributed by atoms with Gasteiger partial charge in [0.2, 0.25) is 0 Å². The zero-order valence-corrected chi connectivity index (χ0v) is 14.9.